The Hall–Kier alpha value is -0.610. The van der Waals surface area contributed by atoms with E-state index in [1.54, 1.807) is 6.92 Å². The van der Waals surface area contributed by atoms with Crippen LogP contribution in [0.4, 0.5) is 0 Å². The maximum absolute atomic E-state index is 11.2. The van der Waals surface area contributed by atoms with E-state index >= 15 is 0 Å². The summed E-state index contributed by atoms with van der Waals surface area (Å²) in [5, 5.41) is 12.3. The molecule has 1 aliphatic carbocycles. The number of likely N-dealkylation sites (N-methyl/N-ethyl adjacent to an activating group) is 2. The van der Waals surface area contributed by atoms with E-state index in [0.717, 1.165) is 18.4 Å². The summed E-state index contributed by atoms with van der Waals surface area (Å²) in [7, 11) is 2.00. The van der Waals surface area contributed by atoms with Crippen LogP contribution in [0, 0.1) is 11.8 Å². The van der Waals surface area contributed by atoms with Gasteiger partial charge in [-0.05, 0) is 38.8 Å². The molecule has 16 heavy (non-hydrogen) atoms. The van der Waals surface area contributed by atoms with Gasteiger partial charge in [-0.25, -0.2) is 0 Å². The van der Waals surface area contributed by atoms with Gasteiger partial charge in [0.25, 0.3) is 0 Å². The van der Waals surface area contributed by atoms with Crippen LogP contribution in [-0.4, -0.2) is 48.2 Å². The first-order valence-corrected chi connectivity index (χ1v) is 6.06. The lowest BCUT2D eigenvalue weighted by molar-refractivity contribution is -0.144. The van der Waals surface area contributed by atoms with Crippen LogP contribution in [0.25, 0.3) is 0 Å². The highest BCUT2D eigenvalue weighted by molar-refractivity contribution is 5.78. The first-order valence-electron chi connectivity index (χ1n) is 6.06. The monoisotopic (exact) mass is 228 g/mol. The SMILES string of the molecule is CCNC(C)(CN(C)CC1CC1C)C(=O)O. The van der Waals surface area contributed by atoms with Gasteiger partial charge in [0.15, 0.2) is 0 Å². The van der Waals surface area contributed by atoms with E-state index in [-0.39, 0.29) is 0 Å². The number of carbonyl (C=O) groups is 1. The van der Waals surface area contributed by atoms with Crippen LogP contribution < -0.4 is 5.32 Å². The molecule has 3 atom stereocenters. The van der Waals surface area contributed by atoms with Crippen LogP contribution in [0.3, 0.4) is 0 Å². The molecule has 1 saturated carbocycles. The second-order valence-corrected chi connectivity index (χ2v) is 5.34. The fourth-order valence-corrected chi connectivity index (χ4v) is 2.25. The number of hydrogen-bond acceptors (Lipinski definition) is 3. The van der Waals surface area contributed by atoms with Gasteiger partial charge in [-0.1, -0.05) is 13.8 Å². The van der Waals surface area contributed by atoms with Gasteiger partial charge in [0.05, 0.1) is 0 Å². The molecule has 3 unspecified atom stereocenters. The fourth-order valence-electron chi connectivity index (χ4n) is 2.25. The standard InChI is InChI=1S/C12H24N2O2/c1-5-13-12(3,11(15)16)8-14(4)7-10-6-9(10)2/h9-10,13H,5-8H2,1-4H3,(H,15,16). The topological polar surface area (TPSA) is 52.6 Å². The van der Waals surface area contributed by atoms with Gasteiger partial charge in [-0.3, -0.25) is 4.79 Å². The van der Waals surface area contributed by atoms with Crippen LogP contribution in [0.15, 0.2) is 0 Å². The quantitative estimate of drug-likeness (QED) is 0.683. The summed E-state index contributed by atoms with van der Waals surface area (Å²) in [5.41, 5.74) is -0.832. The molecule has 0 amide bonds. The van der Waals surface area contributed by atoms with E-state index in [4.69, 9.17) is 0 Å². The van der Waals surface area contributed by atoms with E-state index in [0.29, 0.717) is 13.1 Å². The van der Waals surface area contributed by atoms with Crippen molar-refractivity contribution in [2.75, 3.05) is 26.7 Å². The lowest BCUT2D eigenvalue weighted by Gasteiger charge is -2.30. The second kappa shape index (κ2) is 5.15. The zero-order valence-corrected chi connectivity index (χ0v) is 10.8. The molecule has 1 fully saturated rings. The Labute approximate surface area is 98.0 Å². The van der Waals surface area contributed by atoms with Crippen LogP contribution in [-0.2, 0) is 4.79 Å². The van der Waals surface area contributed by atoms with Gasteiger partial charge in [0, 0.05) is 13.1 Å². The van der Waals surface area contributed by atoms with Crippen molar-refractivity contribution in [2.45, 2.75) is 32.7 Å². The lowest BCUT2D eigenvalue weighted by Crippen LogP contribution is -2.56. The van der Waals surface area contributed by atoms with Gasteiger partial charge in [-0.2, -0.15) is 0 Å². The van der Waals surface area contributed by atoms with Gasteiger partial charge < -0.3 is 15.3 Å². The van der Waals surface area contributed by atoms with Crippen molar-refractivity contribution in [1.29, 1.82) is 0 Å². The summed E-state index contributed by atoms with van der Waals surface area (Å²) in [6, 6.07) is 0. The zero-order chi connectivity index (χ0) is 12.3. The average molecular weight is 228 g/mol. The van der Waals surface area contributed by atoms with Crippen LogP contribution in [0.5, 0.6) is 0 Å². The number of aliphatic carboxylic acids is 1. The summed E-state index contributed by atoms with van der Waals surface area (Å²) in [4.78, 5) is 13.4. The smallest absolute Gasteiger partial charge is 0.324 e. The van der Waals surface area contributed by atoms with Gasteiger partial charge in [0.2, 0.25) is 0 Å². The Balaban J connectivity index is 2.44. The van der Waals surface area contributed by atoms with Crippen molar-refractivity contribution in [3.05, 3.63) is 0 Å². The summed E-state index contributed by atoms with van der Waals surface area (Å²) in [5.74, 6) is 0.812. The molecular formula is C12H24N2O2. The maximum atomic E-state index is 11.2. The summed E-state index contributed by atoms with van der Waals surface area (Å²) in [6.07, 6.45) is 1.29. The minimum absolute atomic E-state index is 0.555. The molecular weight excluding hydrogens is 204 g/mol. The largest absolute Gasteiger partial charge is 0.480 e. The van der Waals surface area contributed by atoms with E-state index in [1.165, 1.54) is 6.42 Å². The predicted molar refractivity (Wildman–Crippen MR) is 64.5 cm³/mol. The third kappa shape index (κ3) is 3.46. The van der Waals surface area contributed by atoms with Crippen molar-refractivity contribution in [3.63, 3.8) is 0 Å². The molecule has 2 N–H and O–H groups in total. The molecule has 4 nitrogen and oxygen atoms in total. The number of carboxylic acid groups (broad SMARTS) is 1. The van der Waals surface area contributed by atoms with Crippen LogP contribution >= 0.6 is 0 Å². The van der Waals surface area contributed by atoms with E-state index in [9.17, 15) is 9.90 Å². The maximum Gasteiger partial charge on any atom is 0.324 e. The molecule has 0 spiro atoms. The molecule has 0 aromatic carbocycles. The van der Waals surface area contributed by atoms with Crippen molar-refractivity contribution >= 4 is 5.97 Å². The van der Waals surface area contributed by atoms with Crippen molar-refractivity contribution in [1.82, 2.24) is 10.2 Å². The number of carboxylic acids is 1. The Morgan fingerprint density at radius 3 is 2.56 bits per heavy atom. The molecule has 0 aromatic heterocycles. The fraction of sp³-hybridized carbons (Fsp3) is 0.917. The summed E-state index contributed by atoms with van der Waals surface area (Å²) in [6.45, 7) is 8.18. The number of nitrogens with one attached hydrogen (secondary N) is 1. The van der Waals surface area contributed by atoms with Crippen molar-refractivity contribution in [2.24, 2.45) is 11.8 Å². The molecule has 0 heterocycles. The van der Waals surface area contributed by atoms with Crippen molar-refractivity contribution < 1.29 is 9.90 Å². The number of nitrogens with zero attached hydrogens (tertiary/aromatic N) is 1. The first kappa shape index (κ1) is 13.5. The van der Waals surface area contributed by atoms with E-state index in [2.05, 4.69) is 17.1 Å². The molecule has 1 rings (SSSR count). The second-order valence-electron chi connectivity index (χ2n) is 5.34. The minimum Gasteiger partial charge on any atom is -0.480 e. The molecule has 0 radical (unpaired) electrons. The molecule has 1 aliphatic rings. The highest BCUT2D eigenvalue weighted by Gasteiger charge is 2.37. The Morgan fingerprint density at radius 2 is 2.19 bits per heavy atom. The van der Waals surface area contributed by atoms with Gasteiger partial charge in [-0.15, -0.1) is 0 Å². The molecule has 0 bridgehead atoms. The molecule has 0 aliphatic heterocycles. The summed E-state index contributed by atoms with van der Waals surface area (Å²) >= 11 is 0. The first-order chi connectivity index (χ1) is 7.39. The summed E-state index contributed by atoms with van der Waals surface area (Å²) < 4.78 is 0. The molecule has 0 aromatic rings. The highest BCUT2D eigenvalue weighted by Crippen LogP contribution is 2.38. The minimum atomic E-state index is -0.832. The van der Waals surface area contributed by atoms with E-state index < -0.39 is 11.5 Å². The van der Waals surface area contributed by atoms with Gasteiger partial charge >= 0.3 is 5.97 Å². The van der Waals surface area contributed by atoms with Gasteiger partial charge in [0.1, 0.15) is 5.54 Å². The predicted octanol–water partition coefficient (Wildman–Crippen LogP) is 1.03. The third-order valence-corrected chi connectivity index (χ3v) is 3.45. The Kier molecular flexibility index (Phi) is 4.33. The Morgan fingerprint density at radius 1 is 1.62 bits per heavy atom. The average Bonchev–Trinajstić information content (AvgIpc) is 2.80. The lowest BCUT2D eigenvalue weighted by atomic mass is 10.0. The normalized spacial score (nSPS) is 27.8. The molecule has 0 saturated heterocycles. The molecule has 4 heteroatoms. The zero-order valence-electron chi connectivity index (χ0n) is 10.8. The number of hydrogen-bond donors (Lipinski definition) is 2. The van der Waals surface area contributed by atoms with Crippen molar-refractivity contribution in [3.8, 4) is 0 Å². The Bertz CT molecular complexity index is 257. The third-order valence-electron chi connectivity index (χ3n) is 3.45. The van der Waals surface area contributed by atoms with E-state index in [1.807, 2.05) is 14.0 Å². The molecule has 94 valence electrons. The van der Waals surface area contributed by atoms with Crippen LogP contribution in [0.1, 0.15) is 27.2 Å². The highest BCUT2D eigenvalue weighted by atomic mass is 16.4. The number of rotatable bonds is 7. The van der Waals surface area contributed by atoms with Crippen LogP contribution in [0.2, 0.25) is 0 Å².